The van der Waals surface area contributed by atoms with Crippen molar-refractivity contribution in [3.05, 3.63) is 24.3 Å². The number of aliphatic imine (C=N–C) groups is 1. The van der Waals surface area contributed by atoms with Crippen LogP contribution in [0.25, 0.3) is 0 Å². The van der Waals surface area contributed by atoms with E-state index in [0.717, 1.165) is 5.17 Å². The van der Waals surface area contributed by atoms with Crippen LogP contribution in [0.15, 0.2) is 29.3 Å². The third-order valence-electron chi connectivity index (χ3n) is 3.31. The first-order valence-corrected chi connectivity index (χ1v) is 7.52. The lowest BCUT2D eigenvalue weighted by molar-refractivity contribution is -0.127. The Bertz CT molecular complexity index is 617. The first-order chi connectivity index (χ1) is 10.2. The number of carbonyl (C=O) groups is 2. The summed E-state index contributed by atoms with van der Waals surface area (Å²) in [6.07, 6.45) is 0.149. The Morgan fingerprint density at radius 2 is 2.43 bits per heavy atom. The summed E-state index contributed by atoms with van der Waals surface area (Å²) in [5.41, 5.74) is 0.660. The number of thioether (sulfide) groups is 1. The predicted molar refractivity (Wildman–Crippen MR) is 81.6 cm³/mol. The molecule has 0 unspecified atom stereocenters. The monoisotopic (exact) mass is 305 g/mol. The van der Waals surface area contributed by atoms with Gasteiger partial charge in [-0.25, -0.2) is 0 Å². The summed E-state index contributed by atoms with van der Waals surface area (Å²) in [5, 5.41) is 3.17. The molecule has 0 aromatic heterocycles. The fourth-order valence-corrected chi connectivity index (χ4v) is 3.49. The molecule has 1 aromatic carbocycles. The van der Waals surface area contributed by atoms with Crippen LogP contribution in [0.1, 0.15) is 6.42 Å². The van der Waals surface area contributed by atoms with Crippen LogP contribution in [0.5, 0.6) is 5.75 Å². The van der Waals surface area contributed by atoms with E-state index in [1.165, 1.54) is 11.8 Å². The SMILES string of the molecule is COc1cccc(NC(=O)C[C@@H]2SC3=NCCN3C2=O)c1. The molecule has 0 saturated carbocycles. The number of hydrogen-bond donors (Lipinski definition) is 1. The van der Waals surface area contributed by atoms with Gasteiger partial charge in [0.05, 0.1) is 13.7 Å². The number of carbonyl (C=O) groups excluding carboxylic acids is 2. The second kappa shape index (κ2) is 5.77. The molecule has 2 heterocycles. The van der Waals surface area contributed by atoms with E-state index in [1.54, 1.807) is 36.3 Å². The van der Waals surface area contributed by atoms with Crippen molar-refractivity contribution in [3.8, 4) is 5.75 Å². The number of nitrogens with one attached hydrogen (secondary N) is 1. The van der Waals surface area contributed by atoms with E-state index < -0.39 is 0 Å². The van der Waals surface area contributed by atoms with Crippen molar-refractivity contribution in [3.63, 3.8) is 0 Å². The summed E-state index contributed by atoms with van der Waals surface area (Å²) >= 11 is 1.38. The van der Waals surface area contributed by atoms with Gasteiger partial charge >= 0.3 is 0 Å². The Labute approximate surface area is 126 Å². The topological polar surface area (TPSA) is 71.0 Å². The molecule has 1 fully saturated rings. The Morgan fingerprint density at radius 1 is 1.57 bits per heavy atom. The Morgan fingerprint density at radius 3 is 3.19 bits per heavy atom. The number of benzene rings is 1. The van der Waals surface area contributed by atoms with Gasteiger partial charge in [-0.2, -0.15) is 0 Å². The zero-order chi connectivity index (χ0) is 14.8. The van der Waals surface area contributed by atoms with E-state index in [4.69, 9.17) is 4.74 Å². The lowest BCUT2D eigenvalue weighted by Crippen LogP contribution is -2.32. The summed E-state index contributed by atoms with van der Waals surface area (Å²) in [5.74, 6) is 0.474. The molecule has 0 aliphatic carbocycles. The zero-order valence-corrected chi connectivity index (χ0v) is 12.4. The molecule has 7 heteroatoms. The number of ether oxygens (including phenoxy) is 1. The highest BCUT2D eigenvalue weighted by atomic mass is 32.2. The van der Waals surface area contributed by atoms with Gasteiger partial charge in [-0.3, -0.25) is 19.5 Å². The van der Waals surface area contributed by atoms with Gasteiger partial charge in [0.15, 0.2) is 5.17 Å². The number of anilines is 1. The highest BCUT2D eigenvalue weighted by Gasteiger charge is 2.40. The quantitative estimate of drug-likeness (QED) is 0.911. The summed E-state index contributed by atoms with van der Waals surface area (Å²) in [7, 11) is 1.57. The van der Waals surface area contributed by atoms with Crippen LogP contribution >= 0.6 is 11.8 Å². The molecule has 0 radical (unpaired) electrons. The predicted octanol–water partition coefficient (Wildman–Crippen LogP) is 1.34. The Balaban J connectivity index is 1.60. The van der Waals surface area contributed by atoms with E-state index in [1.807, 2.05) is 0 Å². The van der Waals surface area contributed by atoms with E-state index in [9.17, 15) is 9.59 Å². The number of fused-ring (bicyclic) bond motifs is 1. The van der Waals surface area contributed by atoms with Crippen LogP contribution in [0.3, 0.4) is 0 Å². The first kappa shape index (κ1) is 13.9. The summed E-state index contributed by atoms with van der Waals surface area (Å²) < 4.78 is 5.11. The molecule has 2 aliphatic heterocycles. The van der Waals surface area contributed by atoms with E-state index in [-0.39, 0.29) is 23.5 Å². The van der Waals surface area contributed by atoms with Crippen molar-refractivity contribution in [2.45, 2.75) is 11.7 Å². The molecule has 0 spiro atoms. The van der Waals surface area contributed by atoms with E-state index in [0.29, 0.717) is 24.5 Å². The lowest BCUT2D eigenvalue weighted by atomic mass is 10.2. The first-order valence-electron chi connectivity index (χ1n) is 6.64. The summed E-state index contributed by atoms with van der Waals surface area (Å²) in [6.45, 7) is 1.30. The minimum Gasteiger partial charge on any atom is -0.497 e. The highest BCUT2D eigenvalue weighted by molar-refractivity contribution is 8.15. The average Bonchev–Trinajstić information content (AvgIpc) is 3.03. The summed E-state index contributed by atoms with van der Waals surface area (Å²) in [6, 6.07) is 7.13. The van der Waals surface area contributed by atoms with E-state index in [2.05, 4.69) is 10.3 Å². The van der Waals surface area contributed by atoms with Gasteiger partial charge in [0, 0.05) is 24.7 Å². The Hall–Kier alpha value is -2.02. The molecule has 0 bridgehead atoms. The van der Waals surface area contributed by atoms with E-state index >= 15 is 0 Å². The van der Waals surface area contributed by atoms with Gasteiger partial charge in [0.25, 0.3) is 0 Å². The lowest BCUT2D eigenvalue weighted by Gasteiger charge is -2.10. The number of nitrogens with zero attached hydrogens (tertiary/aromatic N) is 2. The molecule has 1 aromatic rings. The third kappa shape index (κ3) is 2.87. The van der Waals surface area contributed by atoms with Crippen molar-refractivity contribution in [2.24, 2.45) is 4.99 Å². The molecular formula is C14H15N3O3S. The Kier molecular flexibility index (Phi) is 3.83. The molecule has 2 amide bonds. The van der Waals surface area contributed by atoms with Crippen LogP contribution in [-0.4, -0.2) is 47.3 Å². The fourth-order valence-electron chi connectivity index (χ4n) is 2.29. The number of rotatable bonds is 4. The number of amides is 2. The normalized spacial score (nSPS) is 20.2. The fraction of sp³-hybridized carbons (Fsp3) is 0.357. The molecule has 1 saturated heterocycles. The number of hydrogen-bond acceptors (Lipinski definition) is 5. The molecule has 1 N–H and O–H groups in total. The second-order valence-corrected chi connectivity index (χ2v) is 5.91. The number of methoxy groups -OCH3 is 1. The van der Waals surface area contributed by atoms with Gasteiger partial charge < -0.3 is 10.1 Å². The van der Waals surface area contributed by atoms with Crippen molar-refractivity contribution in [2.75, 3.05) is 25.5 Å². The minimum atomic E-state index is -0.366. The highest BCUT2D eigenvalue weighted by Crippen LogP contribution is 2.31. The van der Waals surface area contributed by atoms with Gasteiger partial charge in [-0.15, -0.1) is 0 Å². The van der Waals surface area contributed by atoms with Crippen LogP contribution in [0.4, 0.5) is 5.69 Å². The largest absolute Gasteiger partial charge is 0.497 e. The van der Waals surface area contributed by atoms with Crippen molar-refractivity contribution >= 4 is 34.4 Å². The number of amidine groups is 1. The standard InChI is InChI=1S/C14H15N3O3S/c1-20-10-4-2-3-9(7-10)16-12(18)8-11-13(19)17-6-5-15-14(17)21-11/h2-4,7,11H,5-6,8H2,1H3,(H,16,18)/t11-/m0/s1. The van der Waals surface area contributed by atoms with Crippen molar-refractivity contribution in [1.82, 2.24) is 4.90 Å². The third-order valence-corrected chi connectivity index (χ3v) is 4.53. The molecule has 3 rings (SSSR count). The maximum atomic E-state index is 12.1. The molecular weight excluding hydrogens is 290 g/mol. The van der Waals surface area contributed by atoms with Gasteiger partial charge in [-0.05, 0) is 12.1 Å². The molecule has 6 nitrogen and oxygen atoms in total. The average molecular weight is 305 g/mol. The van der Waals surface area contributed by atoms with Gasteiger partial charge in [-0.1, -0.05) is 17.8 Å². The zero-order valence-electron chi connectivity index (χ0n) is 11.5. The second-order valence-electron chi connectivity index (χ2n) is 4.74. The minimum absolute atomic E-state index is 0.0166. The molecule has 110 valence electrons. The molecule has 2 aliphatic rings. The van der Waals surface area contributed by atoms with Crippen molar-refractivity contribution in [1.29, 1.82) is 0 Å². The molecule has 21 heavy (non-hydrogen) atoms. The molecule has 1 atom stereocenters. The van der Waals surface area contributed by atoms with Crippen LogP contribution < -0.4 is 10.1 Å². The van der Waals surface area contributed by atoms with Crippen LogP contribution in [0.2, 0.25) is 0 Å². The van der Waals surface area contributed by atoms with Gasteiger partial charge in [0.1, 0.15) is 11.0 Å². The smallest absolute Gasteiger partial charge is 0.242 e. The summed E-state index contributed by atoms with van der Waals surface area (Å²) in [4.78, 5) is 30.1. The van der Waals surface area contributed by atoms with Crippen molar-refractivity contribution < 1.29 is 14.3 Å². The van der Waals surface area contributed by atoms with Gasteiger partial charge in [0.2, 0.25) is 11.8 Å². The maximum Gasteiger partial charge on any atom is 0.242 e. The van der Waals surface area contributed by atoms with Crippen LogP contribution in [0, 0.1) is 0 Å². The maximum absolute atomic E-state index is 12.1. The van der Waals surface area contributed by atoms with Crippen LogP contribution in [-0.2, 0) is 9.59 Å².